The van der Waals surface area contributed by atoms with Gasteiger partial charge < -0.3 is 15.8 Å². The first-order chi connectivity index (χ1) is 7.63. The number of carbonyl (C=O) groups excluding carboxylic acids is 1. The minimum Gasteiger partial charge on any atom is -0.450 e. The zero-order valence-corrected chi connectivity index (χ0v) is 10.9. The molecule has 0 heterocycles. The highest BCUT2D eigenvalue weighted by molar-refractivity contribution is 7.80. The molecule has 0 aromatic heterocycles. The second-order valence-corrected chi connectivity index (χ2v) is 3.30. The van der Waals surface area contributed by atoms with Crippen LogP contribution in [0.15, 0.2) is 24.3 Å². The van der Waals surface area contributed by atoms with E-state index < -0.39 is 6.09 Å². The van der Waals surface area contributed by atoms with Crippen molar-refractivity contribution in [2.45, 2.75) is 6.92 Å². The van der Waals surface area contributed by atoms with Crippen LogP contribution in [0.5, 0.6) is 0 Å². The standard InChI is InChI=1S/C10H13N3O2S.ClH/c1-2-15-10(14)13-9(16)12-8-6-4-3-5-7(8)11;/h3-6H,2,11H2,1H3,(H2,12,13,14,16);1H. The van der Waals surface area contributed by atoms with Crippen LogP contribution in [0.1, 0.15) is 6.92 Å². The van der Waals surface area contributed by atoms with E-state index in [1.165, 1.54) is 0 Å². The number of nitrogen functional groups attached to an aromatic ring is 1. The number of hydrogen-bond acceptors (Lipinski definition) is 4. The summed E-state index contributed by atoms with van der Waals surface area (Å²) in [6.07, 6.45) is -0.588. The number of ether oxygens (including phenoxy) is 1. The van der Waals surface area contributed by atoms with Gasteiger partial charge in [-0.05, 0) is 31.3 Å². The number of nitrogens with one attached hydrogen (secondary N) is 2. The molecule has 0 fully saturated rings. The van der Waals surface area contributed by atoms with Gasteiger partial charge in [-0.3, -0.25) is 5.32 Å². The molecule has 0 radical (unpaired) electrons. The third-order valence-corrected chi connectivity index (χ3v) is 1.90. The molecule has 1 aromatic rings. The first-order valence-corrected chi connectivity index (χ1v) is 5.13. The van der Waals surface area contributed by atoms with Crippen LogP contribution in [0.25, 0.3) is 0 Å². The molecule has 0 saturated carbocycles. The van der Waals surface area contributed by atoms with E-state index >= 15 is 0 Å². The number of nitrogens with two attached hydrogens (primary N) is 1. The van der Waals surface area contributed by atoms with Crippen LogP contribution >= 0.6 is 24.6 Å². The van der Waals surface area contributed by atoms with Gasteiger partial charge in [0.2, 0.25) is 0 Å². The predicted molar refractivity (Wildman–Crippen MR) is 74.5 cm³/mol. The van der Waals surface area contributed by atoms with Gasteiger partial charge in [0, 0.05) is 0 Å². The highest BCUT2D eigenvalue weighted by Crippen LogP contribution is 2.16. The molecule has 1 aromatic carbocycles. The van der Waals surface area contributed by atoms with E-state index in [0.29, 0.717) is 18.0 Å². The monoisotopic (exact) mass is 275 g/mol. The molecule has 0 bridgehead atoms. The Labute approximate surface area is 111 Å². The van der Waals surface area contributed by atoms with E-state index in [2.05, 4.69) is 15.4 Å². The van der Waals surface area contributed by atoms with E-state index in [0.717, 1.165) is 0 Å². The van der Waals surface area contributed by atoms with E-state index in [1.54, 1.807) is 19.1 Å². The van der Waals surface area contributed by atoms with Crippen molar-refractivity contribution in [3.63, 3.8) is 0 Å². The number of anilines is 2. The lowest BCUT2D eigenvalue weighted by molar-refractivity contribution is 0.158. The SMILES string of the molecule is CCOC(=O)NC(=S)Nc1ccccc1N.Cl. The summed E-state index contributed by atoms with van der Waals surface area (Å²) in [4.78, 5) is 11.0. The number of rotatable bonds is 2. The lowest BCUT2D eigenvalue weighted by atomic mass is 10.3. The first kappa shape index (κ1) is 15.5. The lowest BCUT2D eigenvalue weighted by Crippen LogP contribution is -2.34. The molecule has 1 rings (SSSR count). The molecule has 17 heavy (non-hydrogen) atoms. The third kappa shape index (κ3) is 5.37. The van der Waals surface area contributed by atoms with E-state index in [1.807, 2.05) is 12.1 Å². The Balaban J connectivity index is 0.00000256. The molecule has 5 nitrogen and oxygen atoms in total. The molecular formula is C10H14ClN3O2S. The molecule has 7 heteroatoms. The Morgan fingerprint density at radius 2 is 2.12 bits per heavy atom. The van der Waals surface area contributed by atoms with Gasteiger partial charge in [-0.2, -0.15) is 0 Å². The number of alkyl carbamates (subject to hydrolysis) is 1. The fraction of sp³-hybridized carbons (Fsp3) is 0.200. The van der Waals surface area contributed by atoms with E-state index in [9.17, 15) is 4.79 Å². The summed E-state index contributed by atoms with van der Waals surface area (Å²) >= 11 is 4.91. The molecule has 94 valence electrons. The summed E-state index contributed by atoms with van der Waals surface area (Å²) in [7, 11) is 0. The molecule has 0 aliphatic rings. The lowest BCUT2D eigenvalue weighted by Gasteiger charge is -2.10. The first-order valence-electron chi connectivity index (χ1n) is 4.72. The second-order valence-electron chi connectivity index (χ2n) is 2.89. The Morgan fingerprint density at radius 3 is 2.71 bits per heavy atom. The molecule has 0 saturated heterocycles. The number of thiocarbonyl (C=S) groups is 1. The van der Waals surface area contributed by atoms with Gasteiger partial charge in [-0.25, -0.2) is 4.79 Å². The maximum atomic E-state index is 11.0. The van der Waals surface area contributed by atoms with Crippen molar-refractivity contribution in [3.8, 4) is 0 Å². The Hall–Kier alpha value is -1.53. The number of halogens is 1. The molecule has 1 amide bonds. The van der Waals surface area contributed by atoms with E-state index in [-0.39, 0.29) is 17.5 Å². The Bertz CT molecular complexity index is 401. The minimum atomic E-state index is -0.588. The van der Waals surface area contributed by atoms with Crippen molar-refractivity contribution in [1.82, 2.24) is 5.32 Å². The fourth-order valence-electron chi connectivity index (χ4n) is 1.02. The minimum absolute atomic E-state index is 0. The topological polar surface area (TPSA) is 76.4 Å². The summed E-state index contributed by atoms with van der Waals surface area (Å²) in [6, 6.07) is 7.11. The third-order valence-electron chi connectivity index (χ3n) is 1.70. The van der Waals surface area contributed by atoms with Gasteiger partial charge in [0.25, 0.3) is 0 Å². The molecule has 4 N–H and O–H groups in total. The van der Waals surface area contributed by atoms with Gasteiger partial charge in [0.1, 0.15) is 0 Å². The van der Waals surface area contributed by atoms with Crippen molar-refractivity contribution in [2.24, 2.45) is 0 Å². The summed E-state index contributed by atoms with van der Waals surface area (Å²) < 4.78 is 4.67. The largest absolute Gasteiger partial charge is 0.450 e. The summed E-state index contributed by atoms with van der Waals surface area (Å²) in [5.74, 6) is 0. The van der Waals surface area contributed by atoms with Crippen molar-refractivity contribution in [2.75, 3.05) is 17.7 Å². The molecule has 0 aliphatic heterocycles. The smallest absolute Gasteiger partial charge is 0.413 e. The Morgan fingerprint density at radius 1 is 1.47 bits per heavy atom. The normalized spacial score (nSPS) is 8.76. The van der Waals surface area contributed by atoms with E-state index in [4.69, 9.17) is 18.0 Å². The number of hydrogen-bond donors (Lipinski definition) is 3. The average molecular weight is 276 g/mol. The van der Waals surface area contributed by atoms with Crippen molar-refractivity contribution in [1.29, 1.82) is 0 Å². The molecule has 0 spiro atoms. The maximum Gasteiger partial charge on any atom is 0.413 e. The Kier molecular flexibility index (Phi) is 7.00. The maximum absolute atomic E-state index is 11.0. The molecule has 0 unspecified atom stereocenters. The number of para-hydroxylation sites is 2. The predicted octanol–water partition coefficient (Wildman–Crippen LogP) is 2.13. The van der Waals surface area contributed by atoms with Crippen molar-refractivity contribution < 1.29 is 9.53 Å². The fourth-order valence-corrected chi connectivity index (χ4v) is 1.22. The van der Waals surface area contributed by atoms with Gasteiger partial charge in [-0.1, -0.05) is 12.1 Å². The second kappa shape index (κ2) is 7.70. The number of benzene rings is 1. The van der Waals surface area contributed by atoms with Gasteiger partial charge in [0.05, 0.1) is 18.0 Å². The molecule has 0 atom stereocenters. The summed E-state index contributed by atoms with van der Waals surface area (Å²) in [6.45, 7) is 2.01. The van der Waals surface area contributed by atoms with Gasteiger partial charge >= 0.3 is 6.09 Å². The van der Waals surface area contributed by atoms with Crippen LogP contribution in [0.2, 0.25) is 0 Å². The van der Waals surface area contributed by atoms with Crippen LogP contribution in [0.3, 0.4) is 0 Å². The average Bonchev–Trinajstić information content (AvgIpc) is 2.21. The summed E-state index contributed by atoms with van der Waals surface area (Å²) in [5, 5.41) is 5.30. The van der Waals surface area contributed by atoms with Crippen molar-refractivity contribution in [3.05, 3.63) is 24.3 Å². The quantitative estimate of drug-likeness (QED) is 0.569. The highest BCUT2D eigenvalue weighted by atomic mass is 35.5. The van der Waals surface area contributed by atoms with Gasteiger partial charge in [0.15, 0.2) is 5.11 Å². The molecular weight excluding hydrogens is 262 g/mol. The number of amides is 1. The number of carbonyl (C=O) groups is 1. The van der Waals surface area contributed by atoms with Crippen LogP contribution in [-0.2, 0) is 4.74 Å². The van der Waals surface area contributed by atoms with Crippen LogP contribution in [0, 0.1) is 0 Å². The zero-order chi connectivity index (χ0) is 12.0. The van der Waals surface area contributed by atoms with Crippen LogP contribution < -0.4 is 16.4 Å². The van der Waals surface area contributed by atoms with Gasteiger partial charge in [-0.15, -0.1) is 12.4 Å². The zero-order valence-electron chi connectivity index (χ0n) is 9.23. The highest BCUT2D eigenvalue weighted by Gasteiger charge is 2.05. The van der Waals surface area contributed by atoms with Crippen LogP contribution in [-0.4, -0.2) is 17.8 Å². The van der Waals surface area contributed by atoms with Crippen molar-refractivity contribution >= 4 is 47.2 Å². The molecule has 0 aliphatic carbocycles. The summed E-state index contributed by atoms with van der Waals surface area (Å²) in [5.41, 5.74) is 6.89. The van der Waals surface area contributed by atoms with Crippen LogP contribution in [0.4, 0.5) is 16.2 Å².